The Kier molecular flexibility index (Phi) is 4.72. The number of halogens is 3. The Labute approximate surface area is 182 Å². The number of anilines is 1. The minimum absolute atomic E-state index is 0.0260. The maximum absolute atomic E-state index is 13.4. The van der Waals surface area contributed by atoms with Crippen LogP contribution in [0.3, 0.4) is 0 Å². The molecule has 166 valence electrons. The first-order valence-corrected chi connectivity index (χ1v) is 10.4. The summed E-state index contributed by atoms with van der Waals surface area (Å²) < 4.78 is 46.8. The SMILES string of the molecule is CC(C)c1ccc([C@@H]2C3=C(C[C@@H](c4ccco4)CC3=O)Nc3nc(C(F)(F)F)nn32)cc1. The lowest BCUT2D eigenvalue weighted by atomic mass is 9.79. The van der Waals surface area contributed by atoms with Crippen LogP contribution in [0.15, 0.2) is 58.3 Å². The van der Waals surface area contributed by atoms with Gasteiger partial charge in [-0.1, -0.05) is 38.1 Å². The van der Waals surface area contributed by atoms with E-state index in [0.29, 0.717) is 34.9 Å². The topological polar surface area (TPSA) is 73.0 Å². The Bertz CT molecular complexity index is 1190. The van der Waals surface area contributed by atoms with Gasteiger partial charge in [0, 0.05) is 23.6 Å². The molecule has 3 heterocycles. The molecule has 5 rings (SSSR count). The molecule has 0 radical (unpaired) electrons. The molecule has 3 aromatic rings. The van der Waals surface area contributed by atoms with Crippen molar-refractivity contribution in [2.45, 2.75) is 50.7 Å². The standard InChI is InChI=1S/C23H21F3N4O2/c1-12(2)13-5-7-14(8-6-13)20-19-16(10-15(11-17(19)31)18-4-3-9-32-18)27-22-28-21(23(24,25)26)29-30(20)22/h3-9,12,15,20H,10-11H2,1-2H3,(H,27,28,29)/t15-,20-/m1/s1. The van der Waals surface area contributed by atoms with Crippen molar-refractivity contribution < 1.29 is 22.4 Å². The van der Waals surface area contributed by atoms with Crippen molar-refractivity contribution in [1.29, 1.82) is 0 Å². The summed E-state index contributed by atoms with van der Waals surface area (Å²) >= 11 is 0. The summed E-state index contributed by atoms with van der Waals surface area (Å²) in [5.41, 5.74) is 2.78. The Balaban J connectivity index is 1.63. The molecule has 0 saturated carbocycles. The van der Waals surface area contributed by atoms with Crippen LogP contribution in [0.2, 0.25) is 0 Å². The van der Waals surface area contributed by atoms with Crippen LogP contribution in [0.1, 0.15) is 67.3 Å². The molecule has 0 fully saturated rings. The van der Waals surface area contributed by atoms with Gasteiger partial charge in [0.1, 0.15) is 11.8 Å². The molecule has 0 unspecified atom stereocenters. The number of benzene rings is 1. The molecule has 2 aromatic heterocycles. The molecule has 0 bridgehead atoms. The van der Waals surface area contributed by atoms with Crippen LogP contribution in [0.4, 0.5) is 19.1 Å². The highest BCUT2D eigenvalue weighted by Crippen LogP contribution is 2.45. The van der Waals surface area contributed by atoms with Gasteiger partial charge in [-0.3, -0.25) is 4.79 Å². The van der Waals surface area contributed by atoms with Gasteiger partial charge in [0.15, 0.2) is 5.78 Å². The lowest BCUT2D eigenvalue weighted by Gasteiger charge is -2.34. The number of fused-ring (bicyclic) bond motifs is 1. The number of Topliss-reactive ketones (excluding diaryl/α,β-unsaturated/α-hetero) is 1. The second kappa shape index (κ2) is 7.36. The second-order valence-corrected chi connectivity index (χ2v) is 8.49. The van der Waals surface area contributed by atoms with Gasteiger partial charge in [-0.2, -0.15) is 18.2 Å². The minimum atomic E-state index is -4.70. The molecule has 1 aliphatic heterocycles. The summed E-state index contributed by atoms with van der Waals surface area (Å²) in [5, 5.41) is 6.69. The third kappa shape index (κ3) is 3.41. The summed E-state index contributed by atoms with van der Waals surface area (Å²) in [6.45, 7) is 4.12. The molecule has 1 N–H and O–H groups in total. The fourth-order valence-corrected chi connectivity index (χ4v) is 4.43. The summed E-state index contributed by atoms with van der Waals surface area (Å²) in [7, 11) is 0. The predicted molar refractivity (Wildman–Crippen MR) is 110 cm³/mol. The number of ketones is 1. The van der Waals surface area contributed by atoms with Crippen LogP contribution in [0, 0.1) is 0 Å². The zero-order chi connectivity index (χ0) is 22.6. The van der Waals surface area contributed by atoms with Crippen molar-refractivity contribution in [2.24, 2.45) is 0 Å². The number of aromatic nitrogens is 3. The smallest absolute Gasteiger partial charge is 0.453 e. The number of hydrogen-bond donors (Lipinski definition) is 1. The average Bonchev–Trinajstić information content (AvgIpc) is 3.42. The van der Waals surface area contributed by atoms with E-state index in [1.54, 1.807) is 18.4 Å². The van der Waals surface area contributed by atoms with Gasteiger partial charge < -0.3 is 9.73 Å². The number of allylic oxidation sites excluding steroid dienone is 2. The van der Waals surface area contributed by atoms with Crippen LogP contribution in [-0.4, -0.2) is 20.5 Å². The van der Waals surface area contributed by atoms with E-state index in [2.05, 4.69) is 29.2 Å². The monoisotopic (exact) mass is 442 g/mol. The molecule has 1 aliphatic carbocycles. The van der Waals surface area contributed by atoms with Crippen molar-refractivity contribution in [1.82, 2.24) is 14.8 Å². The van der Waals surface area contributed by atoms with Gasteiger partial charge >= 0.3 is 6.18 Å². The highest BCUT2D eigenvalue weighted by atomic mass is 19.4. The van der Waals surface area contributed by atoms with Gasteiger partial charge in [-0.15, -0.1) is 5.10 Å². The maximum Gasteiger partial charge on any atom is 0.453 e. The fourth-order valence-electron chi connectivity index (χ4n) is 4.43. The Morgan fingerprint density at radius 2 is 1.91 bits per heavy atom. The van der Waals surface area contributed by atoms with E-state index in [9.17, 15) is 18.0 Å². The number of carbonyl (C=O) groups excluding carboxylic acids is 1. The van der Waals surface area contributed by atoms with E-state index in [4.69, 9.17) is 4.42 Å². The summed E-state index contributed by atoms with van der Waals surface area (Å²) in [4.78, 5) is 17.0. The summed E-state index contributed by atoms with van der Waals surface area (Å²) in [6.07, 6.45) is -2.50. The molecule has 0 spiro atoms. The van der Waals surface area contributed by atoms with Crippen LogP contribution >= 0.6 is 0 Å². The largest absolute Gasteiger partial charge is 0.469 e. The Morgan fingerprint density at radius 1 is 1.16 bits per heavy atom. The number of alkyl halides is 3. The number of rotatable bonds is 3. The van der Waals surface area contributed by atoms with Gasteiger partial charge in [-0.25, -0.2) is 4.68 Å². The zero-order valence-electron chi connectivity index (χ0n) is 17.5. The molecular formula is C23H21F3N4O2. The number of nitrogens with zero attached hydrogens (tertiary/aromatic N) is 3. The van der Waals surface area contributed by atoms with Gasteiger partial charge in [-0.05, 0) is 35.6 Å². The lowest BCUT2D eigenvalue weighted by molar-refractivity contribution is -0.145. The van der Waals surface area contributed by atoms with Crippen molar-refractivity contribution >= 4 is 11.7 Å². The molecule has 6 nitrogen and oxygen atoms in total. The number of carbonyl (C=O) groups is 1. The first-order chi connectivity index (χ1) is 15.2. The number of furan rings is 1. The van der Waals surface area contributed by atoms with Crippen molar-refractivity contribution in [3.8, 4) is 0 Å². The number of nitrogens with one attached hydrogen (secondary N) is 1. The quantitative estimate of drug-likeness (QED) is 0.586. The van der Waals surface area contributed by atoms with E-state index in [0.717, 1.165) is 5.56 Å². The van der Waals surface area contributed by atoms with E-state index >= 15 is 0 Å². The molecule has 1 aromatic carbocycles. The fraction of sp³-hybridized carbons (Fsp3) is 0.348. The third-order valence-electron chi connectivity index (χ3n) is 6.04. The average molecular weight is 442 g/mol. The zero-order valence-corrected chi connectivity index (χ0v) is 17.5. The van der Waals surface area contributed by atoms with Crippen LogP contribution in [0.25, 0.3) is 0 Å². The number of hydrogen-bond acceptors (Lipinski definition) is 5. The lowest BCUT2D eigenvalue weighted by Crippen LogP contribution is -2.33. The molecule has 2 atom stereocenters. The summed E-state index contributed by atoms with van der Waals surface area (Å²) in [5.74, 6) is -0.624. The van der Waals surface area contributed by atoms with Crippen molar-refractivity contribution in [3.05, 3.63) is 76.6 Å². The third-order valence-corrected chi connectivity index (χ3v) is 6.04. The molecular weight excluding hydrogens is 421 g/mol. The van der Waals surface area contributed by atoms with Crippen molar-refractivity contribution in [3.63, 3.8) is 0 Å². The molecule has 32 heavy (non-hydrogen) atoms. The first kappa shape index (κ1) is 20.5. The maximum atomic E-state index is 13.4. The van der Waals surface area contributed by atoms with E-state index in [-0.39, 0.29) is 24.1 Å². The van der Waals surface area contributed by atoms with Crippen LogP contribution in [0.5, 0.6) is 0 Å². The summed E-state index contributed by atoms with van der Waals surface area (Å²) in [6, 6.07) is 10.3. The Hall–Kier alpha value is -3.36. The minimum Gasteiger partial charge on any atom is -0.469 e. The van der Waals surface area contributed by atoms with Gasteiger partial charge in [0.25, 0.3) is 5.82 Å². The molecule has 0 amide bonds. The van der Waals surface area contributed by atoms with Crippen LogP contribution in [-0.2, 0) is 11.0 Å². The molecule has 2 aliphatic rings. The van der Waals surface area contributed by atoms with Crippen molar-refractivity contribution in [2.75, 3.05) is 5.32 Å². The molecule has 0 saturated heterocycles. The Morgan fingerprint density at radius 3 is 2.53 bits per heavy atom. The van der Waals surface area contributed by atoms with Crippen LogP contribution < -0.4 is 5.32 Å². The van der Waals surface area contributed by atoms with Gasteiger partial charge in [0.2, 0.25) is 5.95 Å². The van der Waals surface area contributed by atoms with E-state index in [1.807, 2.05) is 24.3 Å². The highest BCUT2D eigenvalue weighted by molar-refractivity contribution is 6.00. The molecule has 9 heteroatoms. The highest BCUT2D eigenvalue weighted by Gasteiger charge is 2.43. The van der Waals surface area contributed by atoms with E-state index < -0.39 is 18.0 Å². The second-order valence-electron chi connectivity index (χ2n) is 8.49. The first-order valence-electron chi connectivity index (χ1n) is 10.4. The predicted octanol–water partition coefficient (Wildman–Crippen LogP) is 5.43. The van der Waals surface area contributed by atoms with E-state index in [1.165, 1.54) is 4.68 Å². The normalized spacial score (nSPS) is 20.9. The van der Waals surface area contributed by atoms with Gasteiger partial charge in [0.05, 0.1) is 6.26 Å².